The van der Waals surface area contributed by atoms with Crippen LogP contribution in [0.3, 0.4) is 0 Å². The number of hydrogen-bond donors (Lipinski definition) is 0. The van der Waals surface area contributed by atoms with Gasteiger partial charge in [0.25, 0.3) is 0 Å². The molecule has 0 atom stereocenters. The van der Waals surface area contributed by atoms with Crippen molar-refractivity contribution in [2.24, 2.45) is 0 Å². The van der Waals surface area contributed by atoms with Crippen LogP contribution >= 0.6 is 0 Å². The summed E-state index contributed by atoms with van der Waals surface area (Å²) >= 11 is 0. The molecule has 0 aliphatic heterocycles. The van der Waals surface area contributed by atoms with Crippen LogP contribution in [0.2, 0.25) is 0 Å². The summed E-state index contributed by atoms with van der Waals surface area (Å²) in [4.78, 5) is 0. The van der Waals surface area contributed by atoms with Crippen LogP contribution < -0.4 is 0 Å². The molecule has 0 saturated heterocycles. The van der Waals surface area contributed by atoms with Crippen LogP contribution in [0.25, 0.3) is 99.4 Å². The molecule has 0 bridgehead atoms. The Morgan fingerprint density at radius 1 is 0.283 bits per heavy atom. The van der Waals surface area contributed by atoms with E-state index in [-0.39, 0.29) is 5.41 Å². The predicted molar refractivity (Wildman–Crippen MR) is 225 cm³/mol. The molecule has 248 valence electrons. The van der Waals surface area contributed by atoms with E-state index in [1.807, 2.05) is 0 Å². The zero-order valence-electron chi connectivity index (χ0n) is 29.8. The van der Waals surface area contributed by atoms with Gasteiger partial charge >= 0.3 is 0 Å². The van der Waals surface area contributed by atoms with Crippen molar-refractivity contribution in [1.29, 1.82) is 0 Å². The Kier molecular flexibility index (Phi) is 6.40. The first-order valence-corrected chi connectivity index (χ1v) is 18.7. The first kappa shape index (κ1) is 30.2. The molecule has 0 radical (unpaired) electrons. The predicted octanol–water partition coefficient (Wildman–Crippen LogP) is 14.6. The second kappa shape index (κ2) is 11.2. The first-order valence-electron chi connectivity index (χ1n) is 18.7. The fourth-order valence-corrected chi connectivity index (χ4v) is 9.27. The third-order valence-electron chi connectivity index (χ3n) is 12.0. The van der Waals surface area contributed by atoms with E-state index in [1.54, 1.807) is 0 Å². The third kappa shape index (κ3) is 4.55. The number of benzene rings is 9. The van der Waals surface area contributed by atoms with Crippen molar-refractivity contribution < 1.29 is 0 Å². The van der Waals surface area contributed by atoms with Crippen LogP contribution in [-0.2, 0) is 5.41 Å². The lowest BCUT2D eigenvalue weighted by Crippen LogP contribution is -2.14. The van der Waals surface area contributed by atoms with Gasteiger partial charge in [0.1, 0.15) is 0 Å². The molecule has 0 heteroatoms. The van der Waals surface area contributed by atoms with Gasteiger partial charge in [-0.3, -0.25) is 0 Å². The van der Waals surface area contributed by atoms with Crippen molar-refractivity contribution in [2.75, 3.05) is 0 Å². The van der Waals surface area contributed by atoms with Gasteiger partial charge in [-0.25, -0.2) is 0 Å². The van der Waals surface area contributed by atoms with Crippen molar-refractivity contribution in [3.8, 4) is 77.9 Å². The summed E-state index contributed by atoms with van der Waals surface area (Å²) in [6.45, 7) is 4.70. The Bertz CT molecular complexity index is 2930. The van der Waals surface area contributed by atoms with Gasteiger partial charge in [0.05, 0.1) is 0 Å². The van der Waals surface area contributed by atoms with E-state index >= 15 is 0 Å². The summed E-state index contributed by atoms with van der Waals surface area (Å²) in [6, 6.07) is 67.8. The van der Waals surface area contributed by atoms with Gasteiger partial charge < -0.3 is 0 Å². The lowest BCUT2D eigenvalue weighted by Gasteiger charge is -2.22. The largest absolute Gasteiger partial charge is 0.0619 e. The quantitative estimate of drug-likeness (QED) is 0.175. The Hall–Kier alpha value is -6.50. The SMILES string of the molecule is CC1(C)c2ccccc2-c2ccc(-c3ccc4cc(-c5cccc(-c6ccc(-c7ccc8c9c(cccc79)-c7ccccc7-8)cc6)c5)ccc4c3)cc21. The van der Waals surface area contributed by atoms with E-state index in [0.29, 0.717) is 0 Å². The van der Waals surface area contributed by atoms with Crippen molar-refractivity contribution >= 4 is 21.5 Å². The van der Waals surface area contributed by atoms with Crippen LogP contribution in [0, 0.1) is 0 Å². The molecule has 2 aliphatic rings. The highest BCUT2D eigenvalue weighted by molar-refractivity contribution is 6.18. The number of fused-ring (bicyclic) bond motifs is 7. The molecule has 0 N–H and O–H groups in total. The molecule has 9 aromatic carbocycles. The highest BCUT2D eigenvalue weighted by Gasteiger charge is 2.35. The molecule has 9 aromatic rings. The molecule has 0 spiro atoms. The van der Waals surface area contributed by atoms with Gasteiger partial charge in [-0.2, -0.15) is 0 Å². The summed E-state index contributed by atoms with van der Waals surface area (Å²) in [5.41, 5.74) is 20.9. The maximum atomic E-state index is 2.41. The summed E-state index contributed by atoms with van der Waals surface area (Å²) in [5.74, 6) is 0. The highest BCUT2D eigenvalue weighted by atomic mass is 14.4. The molecule has 0 aromatic heterocycles. The van der Waals surface area contributed by atoms with Crippen molar-refractivity contribution in [1.82, 2.24) is 0 Å². The van der Waals surface area contributed by atoms with Gasteiger partial charge in [-0.15, -0.1) is 0 Å². The zero-order chi connectivity index (χ0) is 35.3. The molecule has 11 rings (SSSR count). The Labute approximate surface area is 310 Å². The number of rotatable bonds is 4. The second-order valence-corrected chi connectivity index (χ2v) is 15.3. The molecule has 0 amide bonds. The fourth-order valence-electron chi connectivity index (χ4n) is 9.27. The van der Waals surface area contributed by atoms with Crippen LogP contribution in [0.1, 0.15) is 25.0 Å². The van der Waals surface area contributed by atoms with Crippen LogP contribution in [-0.4, -0.2) is 0 Å². The Morgan fingerprint density at radius 2 is 0.755 bits per heavy atom. The lowest BCUT2D eigenvalue weighted by atomic mass is 9.81. The molecule has 2 aliphatic carbocycles. The summed E-state index contributed by atoms with van der Waals surface area (Å²) in [5, 5.41) is 5.20. The number of hydrogen-bond acceptors (Lipinski definition) is 0. The highest BCUT2D eigenvalue weighted by Crippen LogP contribution is 2.51. The summed E-state index contributed by atoms with van der Waals surface area (Å²) in [7, 11) is 0. The molecular weight excluding hydrogens is 637 g/mol. The molecule has 0 saturated carbocycles. The lowest BCUT2D eigenvalue weighted by molar-refractivity contribution is 0.660. The topological polar surface area (TPSA) is 0 Å². The maximum Gasteiger partial charge on any atom is 0.0159 e. The minimum absolute atomic E-state index is 0.00461. The normalized spacial score (nSPS) is 13.2. The van der Waals surface area contributed by atoms with Crippen LogP contribution in [0.5, 0.6) is 0 Å². The fraction of sp³-hybridized carbons (Fsp3) is 0.0566. The maximum absolute atomic E-state index is 2.41. The standard InChI is InChI=1S/C53H36/c1-53(2)50-16-6-5-13-45(50)46-26-25-41(32-51(46)53)40-24-23-38-30-37(21-22-39(38)31-40)36-10-7-9-35(29-36)33-17-19-34(20-18-33)42-27-28-49-44-12-4-3-11-43(44)48-15-8-14-47(42)52(48)49/h3-32H,1-2H3. The van der Waals surface area contributed by atoms with E-state index in [9.17, 15) is 0 Å². The monoisotopic (exact) mass is 672 g/mol. The van der Waals surface area contributed by atoms with E-state index < -0.39 is 0 Å². The minimum atomic E-state index is -0.00461. The van der Waals surface area contributed by atoms with Crippen LogP contribution in [0.15, 0.2) is 182 Å². The molecule has 0 unspecified atom stereocenters. The second-order valence-electron chi connectivity index (χ2n) is 15.3. The Balaban J connectivity index is 0.885. The van der Waals surface area contributed by atoms with E-state index in [2.05, 4.69) is 196 Å². The van der Waals surface area contributed by atoms with Crippen LogP contribution in [0.4, 0.5) is 0 Å². The third-order valence-corrected chi connectivity index (χ3v) is 12.0. The zero-order valence-corrected chi connectivity index (χ0v) is 29.8. The minimum Gasteiger partial charge on any atom is -0.0619 e. The average molecular weight is 673 g/mol. The van der Waals surface area contributed by atoms with Gasteiger partial charge in [0.15, 0.2) is 0 Å². The summed E-state index contributed by atoms with van der Waals surface area (Å²) < 4.78 is 0. The van der Waals surface area contributed by atoms with Crippen molar-refractivity contribution in [3.63, 3.8) is 0 Å². The summed E-state index contributed by atoms with van der Waals surface area (Å²) in [6.07, 6.45) is 0. The molecule has 53 heavy (non-hydrogen) atoms. The molecule has 0 heterocycles. The molecule has 0 fully saturated rings. The Morgan fingerprint density at radius 3 is 1.49 bits per heavy atom. The van der Waals surface area contributed by atoms with E-state index in [0.717, 1.165) is 0 Å². The smallest absolute Gasteiger partial charge is 0.0159 e. The molecular formula is C53H36. The first-order chi connectivity index (χ1) is 26.0. The van der Waals surface area contributed by atoms with Gasteiger partial charge in [0, 0.05) is 5.41 Å². The van der Waals surface area contributed by atoms with Crippen molar-refractivity contribution in [3.05, 3.63) is 193 Å². The van der Waals surface area contributed by atoms with Crippen molar-refractivity contribution in [2.45, 2.75) is 19.3 Å². The van der Waals surface area contributed by atoms with Gasteiger partial charge in [-0.1, -0.05) is 172 Å². The van der Waals surface area contributed by atoms with E-state index in [1.165, 1.54) is 111 Å². The van der Waals surface area contributed by atoms with E-state index in [4.69, 9.17) is 0 Å². The van der Waals surface area contributed by atoms with Gasteiger partial charge in [-0.05, 0) is 135 Å². The molecule has 0 nitrogen and oxygen atoms in total. The van der Waals surface area contributed by atoms with Gasteiger partial charge in [0.2, 0.25) is 0 Å². The average Bonchev–Trinajstić information content (AvgIpc) is 3.66.